The Morgan fingerprint density at radius 1 is 1.47 bits per heavy atom. The van der Waals surface area contributed by atoms with Crippen molar-refractivity contribution in [3.63, 3.8) is 0 Å². The minimum absolute atomic E-state index is 0.381. The van der Waals surface area contributed by atoms with Crippen LogP contribution >= 0.6 is 0 Å². The Hall–Kier alpha value is -1.35. The number of rotatable bonds is 3. The number of fused-ring (bicyclic) bond motifs is 1. The lowest BCUT2D eigenvalue weighted by atomic mass is 9.85. The molecule has 0 aliphatic heterocycles. The molecule has 3 heteroatoms. The van der Waals surface area contributed by atoms with Crippen LogP contribution in [0.1, 0.15) is 49.5 Å². The Bertz CT molecular complexity index is 525. The smallest absolute Gasteiger partial charge is 0.116 e. The fraction of sp³-hybridized carbons (Fsp3) is 0.500. The number of pyridine rings is 1. The SMILES string of the molecule is CC(CN)c1cccc2cnc(C3CCC3)n12. The molecule has 1 unspecified atom stereocenters. The first-order valence-corrected chi connectivity index (χ1v) is 6.47. The summed E-state index contributed by atoms with van der Waals surface area (Å²) in [6.07, 6.45) is 5.89. The van der Waals surface area contributed by atoms with Crippen molar-refractivity contribution in [3.05, 3.63) is 35.9 Å². The van der Waals surface area contributed by atoms with Gasteiger partial charge in [-0.3, -0.25) is 0 Å². The van der Waals surface area contributed by atoms with Crippen molar-refractivity contribution in [2.75, 3.05) is 6.54 Å². The molecule has 0 saturated heterocycles. The van der Waals surface area contributed by atoms with Gasteiger partial charge in [-0.1, -0.05) is 19.4 Å². The van der Waals surface area contributed by atoms with Gasteiger partial charge < -0.3 is 10.1 Å². The van der Waals surface area contributed by atoms with Gasteiger partial charge in [-0.05, 0) is 25.0 Å². The van der Waals surface area contributed by atoms with E-state index in [0.717, 1.165) is 0 Å². The van der Waals surface area contributed by atoms with E-state index in [-0.39, 0.29) is 0 Å². The maximum absolute atomic E-state index is 5.80. The van der Waals surface area contributed by atoms with Gasteiger partial charge in [0.1, 0.15) is 5.82 Å². The second-order valence-electron chi connectivity index (χ2n) is 5.09. The summed E-state index contributed by atoms with van der Waals surface area (Å²) in [4.78, 5) is 4.62. The van der Waals surface area contributed by atoms with E-state index in [9.17, 15) is 0 Å². The highest BCUT2D eigenvalue weighted by molar-refractivity contribution is 5.48. The number of imidazole rings is 1. The second-order valence-corrected chi connectivity index (χ2v) is 5.09. The van der Waals surface area contributed by atoms with E-state index in [1.54, 1.807) is 0 Å². The van der Waals surface area contributed by atoms with E-state index in [4.69, 9.17) is 5.73 Å². The summed E-state index contributed by atoms with van der Waals surface area (Å²) in [6.45, 7) is 2.86. The third-order valence-electron chi connectivity index (χ3n) is 3.94. The summed E-state index contributed by atoms with van der Waals surface area (Å²) >= 11 is 0. The van der Waals surface area contributed by atoms with Gasteiger partial charge in [-0.25, -0.2) is 4.98 Å². The summed E-state index contributed by atoms with van der Waals surface area (Å²) in [5, 5.41) is 0. The van der Waals surface area contributed by atoms with Crippen molar-refractivity contribution >= 4 is 5.52 Å². The van der Waals surface area contributed by atoms with Crippen LogP contribution in [0.4, 0.5) is 0 Å². The molecule has 0 bridgehead atoms. The fourth-order valence-electron chi connectivity index (χ4n) is 2.56. The van der Waals surface area contributed by atoms with Crippen LogP contribution in [0.25, 0.3) is 5.52 Å². The first-order chi connectivity index (χ1) is 8.31. The minimum Gasteiger partial charge on any atom is -0.330 e. The predicted molar refractivity (Wildman–Crippen MR) is 69.3 cm³/mol. The highest BCUT2D eigenvalue weighted by atomic mass is 15.0. The van der Waals surface area contributed by atoms with Crippen molar-refractivity contribution in [1.29, 1.82) is 0 Å². The Morgan fingerprint density at radius 2 is 2.29 bits per heavy atom. The maximum atomic E-state index is 5.80. The molecule has 2 aromatic rings. The van der Waals surface area contributed by atoms with Gasteiger partial charge in [-0.2, -0.15) is 0 Å². The van der Waals surface area contributed by atoms with Gasteiger partial charge >= 0.3 is 0 Å². The molecular weight excluding hydrogens is 210 g/mol. The molecule has 1 aliphatic carbocycles. The number of hydrogen-bond donors (Lipinski definition) is 1. The summed E-state index contributed by atoms with van der Waals surface area (Å²) in [7, 11) is 0. The van der Waals surface area contributed by atoms with Crippen LogP contribution in [0, 0.1) is 0 Å². The Labute approximate surface area is 102 Å². The van der Waals surface area contributed by atoms with Crippen molar-refractivity contribution in [2.45, 2.75) is 38.0 Å². The molecule has 2 N–H and O–H groups in total. The minimum atomic E-state index is 0.381. The quantitative estimate of drug-likeness (QED) is 0.879. The number of nitrogens with zero attached hydrogens (tertiary/aromatic N) is 2. The maximum Gasteiger partial charge on any atom is 0.116 e. The lowest BCUT2D eigenvalue weighted by Crippen LogP contribution is -2.17. The van der Waals surface area contributed by atoms with Crippen molar-refractivity contribution in [2.24, 2.45) is 5.73 Å². The molecule has 0 spiro atoms. The van der Waals surface area contributed by atoms with E-state index in [2.05, 4.69) is 34.5 Å². The van der Waals surface area contributed by atoms with Crippen molar-refractivity contribution in [3.8, 4) is 0 Å². The van der Waals surface area contributed by atoms with Gasteiger partial charge in [-0.15, -0.1) is 0 Å². The molecule has 2 aromatic heterocycles. The Kier molecular flexibility index (Phi) is 2.63. The molecule has 1 saturated carbocycles. The van der Waals surface area contributed by atoms with Crippen LogP contribution in [-0.4, -0.2) is 15.9 Å². The molecule has 3 nitrogen and oxygen atoms in total. The topological polar surface area (TPSA) is 43.3 Å². The molecule has 1 fully saturated rings. The zero-order valence-electron chi connectivity index (χ0n) is 10.3. The van der Waals surface area contributed by atoms with E-state index < -0.39 is 0 Å². The van der Waals surface area contributed by atoms with Gasteiger partial charge in [0.2, 0.25) is 0 Å². The molecule has 0 radical (unpaired) electrons. The molecule has 1 atom stereocenters. The molecule has 1 aliphatic rings. The second kappa shape index (κ2) is 4.15. The van der Waals surface area contributed by atoms with Crippen LogP contribution in [0.3, 0.4) is 0 Å². The summed E-state index contributed by atoms with van der Waals surface area (Å²) in [5.41, 5.74) is 8.30. The predicted octanol–water partition coefficient (Wildman–Crippen LogP) is 2.66. The average Bonchev–Trinajstić information content (AvgIpc) is 2.70. The van der Waals surface area contributed by atoms with Gasteiger partial charge in [0, 0.05) is 24.1 Å². The van der Waals surface area contributed by atoms with Gasteiger partial charge in [0.25, 0.3) is 0 Å². The molecule has 3 rings (SSSR count). The zero-order valence-corrected chi connectivity index (χ0v) is 10.3. The van der Waals surface area contributed by atoms with E-state index in [1.807, 2.05) is 6.20 Å². The summed E-state index contributed by atoms with van der Waals surface area (Å²) in [5.74, 6) is 2.28. The monoisotopic (exact) mass is 229 g/mol. The molecule has 2 heterocycles. The Morgan fingerprint density at radius 3 is 2.94 bits per heavy atom. The highest BCUT2D eigenvalue weighted by Gasteiger charge is 2.25. The van der Waals surface area contributed by atoms with Gasteiger partial charge in [0.15, 0.2) is 0 Å². The first-order valence-electron chi connectivity index (χ1n) is 6.47. The van der Waals surface area contributed by atoms with Crippen LogP contribution in [0.15, 0.2) is 24.4 Å². The molecule has 0 aromatic carbocycles. The zero-order chi connectivity index (χ0) is 11.8. The summed E-state index contributed by atoms with van der Waals surface area (Å²) < 4.78 is 2.32. The summed E-state index contributed by atoms with van der Waals surface area (Å²) in [6, 6.07) is 6.40. The normalized spacial score (nSPS) is 18.2. The third kappa shape index (κ3) is 1.65. The van der Waals surface area contributed by atoms with E-state index in [0.29, 0.717) is 18.4 Å². The molecule has 90 valence electrons. The number of hydrogen-bond acceptors (Lipinski definition) is 2. The molecular formula is C14H19N3. The van der Waals surface area contributed by atoms with E-state index in [1.165, 1.54) is 36.3 Å². The van der Waals surface area contributed by atoms with Crippen LogP contribution in [-0.2, 0) is 0 Å². The highest BCUT2D eigenvalue weighted by Crippen LogP contribution is 2.36. The van der Waals surface area contributed by atoms with Crippen molar-refractivity contribution in [1.82, 2.24) is 9.38 Å². The molecule has 17 heavy (non-hydrogen) atoms. The van der Waals surface area contributed by atoms with Gasteiger partial charge in [0.05, 0.1) is 11.7 Å². The van der Waals surface area contributed by atoms with E-state index >= 15 is 0 Å². The number of aromatic nitrogens is 2. The van der Waals surface area contributed by atoms with Crippen LogP contribution in [0.2, 0.25) is 0 Å². The average molecular weight is 229 g/mol. The Balaban J connectivity index is 2.16. The molecule has 0 amide bonds. The van der Waals surface area contributed by atoms with Crippen molar-refractivity contribution < 1.29 is 0 Å². The first kappa shape index (κ1) is 10.8. The lowest BCUT2D eigenvalue weighted by molar-refractivity contribution is 0.398. The standard InChI is InChI=1S/C14H19N3/c1-10(8-15)13-7-3-6-12-9-16-14(17(12)13)11-4-2-5-11/h3,6-7,9-11H,2,4-5,8,15H2,1H3. The third-order valence-corrected chi connectivity index (χ3v) is 3.94. The fourth-order valence-corrected chi connectivity index (χ4v) is 2.56. The van der Waals surface area contributed by atoms with Crippen LogP contribution in [0.5, 0.6) is 0 Å². The van der Waals surface area contributed by atoms with Crippen LogP contribution < -0.4 is 5.73 Å². The lowest BCUT2D eigenvalue weighted by Gasteiger charge is -2.25. The largest absolute Gasteiger partial charge is 0.330 e. The number of nitrogens with two attached hydrogens (primary N) is 1.